The summed E-state index contributed by atoms with van der Waals surface area (Å²) in [7, 11) is 1.55. The third-order valence-electron chi connectivity index (χ3n) is 5.01. The van der Waals surface area contributed by atoms with Crippen LogP contribution in [0, 0.1) is 5.92 Å². The summed E-state index contributed by atoms with van der Waals surface area (Å²) in [5.74, 6) is -0.718. The number of ether oxygens (including phenoxy) is 2. The normalized spacial score (nSPS) is 26.4. The van der Waals surface area contributed by atoms with Crippen LogP contribution in [0.1, 0.15) is 37.9 Å². The van der Waals surface area contributed by atoms with Crippen LogP contribution in [0.2, 0.25) is 0 Å². The average molecular weight is 360 g/mol. The van der Waals surface area contributed by atoms with Gasteiger partial charge in [0.15, 0.2) is 0 Å². The lowest BCUT2D eigenvalue weighted by molar-refractivity contribution is -0.147. The lowest BCUT2D eigenvalue weighted by atomic mass is 9.64. The standard InChI is InChI=1S/C19H24N2O5/c1-4-26-17(23)9-15(22)21-19-10-11(2)7-12(18(19)24)8-14-13(19)5-6-16(20-14)25-3/h5-7,12,18,24H,4,8-10H2,1-3H3,(H,21,22)/t12-,18+,19-/m0/s1. The van der Waals surface area contributed by atoms with Crippen LogP contribution in [0.3, 0.4) is 0 Å². The molecular formula is C19H24N2O5. The minimum atomic E-state index is -1.00. The Balaban J connectivity index is 1.97. The van der Waals surface area contributed by atoms with Crippen LogP contribution in [0.15, 0.2) is 23.8 Å². The second-order valence-corrected chi connectivity index (χ2v) is 6.85. The number of aliphatic hydroxyl groups is 1. The summed E-state index contributed by atoms with van der Waals surface area (Å²) in [6.45, 7) is 3.89. The van der Waals surface area contributed by atoms with E-state index in [0.717, 1.165) is 16.8 Å². The highest BCUT2D eigenvalue weighted by molar-refractivity contribution is 5.94. The SMILES string of the molecule is CCOC(=O)CC(=O)N[C@@]12CC(C)=C[C@@H](Cc3nc(OC)ccc31)[C@H]2O. The van der Waals surface area contributed by atoms with Gasteiger partial charge in [-0.3, -0.25) is 9.59 Å². The Labute approximate surface area is 152 Å². The number of nitrogens with zero attached hydrogens (tertiary/aromatic N) is 1. The summed E-state index contributed by atoms with van der Waals surface area (Å²) in [6.07, 6.45) is 1.89. The van der Waals surface area contributed by atoms with Gasteiger partial charge in [0.1, 0.15) is 6.42 Å². The van der Waals surface area contributed by atoms with Gasteiger partial charge in [-0.1, -0.05) is 11.6 Å². The number of aliphatic hydroxyl groups excluding tert-OH is 1. The van der Waals surface area contributed by atoms with Crippen molar-refractivity contribution in [3.8, 4) is 5.88 Å². The summed E-state index contributed by atoms with van der Waals surface area (Å²) < 4.78 is 10.1. The first-order chi connectivity index (χ1) is 12.4. The fourth-order valence-electron chi connectivity index (χ4n) is 4.05. The number of pyridine rings is 1. The summed E-state index contributed by atoms with van der Waals surface area (Å²) >= 11 is 0. The van der Waals surface area contributed by atoms with Crippen molar-refractivity contribution < 1.29 is 24.2 Å². The first kappa shape index (κ1) is 18.4. The van der Waals surface area contributed by atoms with Gasteiger partial charge in [0.05, 0.1) is 31.1 Å². The van der Waals surface area contributed by atoms with Crippen LogP contribution < -0.4 is 10.1 Å². The molecule has 1 amide bonds. The Kier molecular flexibility index (Phi) is 5.00. The smallest absolute Gasteiger partial charge is 0.315 e. The number of amides is 1. The maximum Gasteiger partial charge on any atom is 0.315 e. The fourth-order valence-corrected chi connectivity index (χ4v) is 4.05. The molecule has 7 nitrogen and oxygen atoms in total. The molecule has 0 fully saturated rings. The van der Waals surface area contributed by atoms with E-state index in [2.05, 4.69) is 10.3 Å². The second kappa shape index (κ2) is 7.07. The monoisotopic (exact) mass is 360 g/mol. The van der Waals surface area contributed by atoms with Crippen molar-refractivity contribution in [2.75, 3.05) is 13.7 Å². The predicted molar refractivity (Wildman–Crippen MR) is 93.4 cm³/mol. The fraction of sp³-hybridized carbons (Fsp3) is 0.526. The molecule has 1 heterocycles. The Morgan fingerprint density at radius 3 is 2.88 bits per heavy atom. The van der Waals surface area contributed by atoms with Crippen molar-refractivity contribution in [2.45, 2.75) is 44.8 Å². The third-order valence-corrected chi connectivity index (χ3v) is 5.01. The third kappa shape index (κ3) is 3.19. The highest BCUT2D eigenvalue weighted by Gasteiger charge is 2.51. The largest absolute Gasteiger partial charge is 0.481 e. The minimum absolute atomic E-state index is 0.154. The van der Waals surface area contributed by atoms with E-state index in [1.165, 1.54) is 0 Å². The molecule has 2 aliphatic rings. The lowest BCUT2D eigenvalue weighted by Gasteiger charge is -2.49. The molecule has 2 bridgehead atoms. The molecular weight excluding hydrogens is 336 g/mol. The number of rotatable bonds is 5. The van der Waals surface area contributed by atoms with Crippen LogP contribution in [0.25, 0.3) is 0 Å². The quantitative estimate of drug-likeness (QED) is 0.466. The van der Waals surface area contributed by atoms with E-state index < -0.39 is 23.5 Å². The van der Waals surface area contributed by atoms with Crippen LogP contribution in [-0.4, -0.2) is 41.8 Å². The predicted octanol–water partition coefficient (Wildman–Crippen LogP) is 1.24. The van der Waals surface area contributed by atoms with Crippen molar-refractivity contribution in [1.82, 2.24) is 10.3 Å². The first-order valence-electron chi connectivity index (χ1n) is 8.76. The number of fused-ring (bicyclic) bond motifs is 4. The molecule has 3 atom stereocenters. The summed E-state index contributed by atoms with van der Waals surface area (Å²) in [5.41, 5.74) is 1.64. The van der Waals surface area contributed by atoms with Crippen molar-refractivity contribution >= 4 is 11.9 Å². The number of hydrogen-bond donors (Lipinski definition) is 2. The molecule has 0 saturated heterocycles. The Hall–Kier alpha value is -2.41. The minimum Gasteiger partial charge on any atom is -0.481 e. The van der Waals surface area contributed by atoms with E-state index >= 15 is 0 Å². The molecule has 140 valence electrons. The van der Waals surface area contributed by atoms with E-state index in [-0.39, 0.29) is 18.9 Å². The van der Waals surface area contributed by atoms with Gasteiger partial charge in [0, 0.05) is 17.5 Å². The van der Waals surface area contributed by atoms with Gasteiger partial charge >= 0.3 is 5.97 Å². The number of nitrogens with one attached hydrogen (secondary N) is 1. The number of hydrogen-bond acceptors (Lipinski definition) is 6. The summed E-state index contributed by atoms with van der Waals surface area (Å²) in [4.78, 5) is 28.7. The number of methoxy groups -OCH3 is 1. The first-order valence-corrected chi connectivity index (χ1v) is 8.76. The Morgan fingerprint density at radius 1 is 1.42 bits per heavy atom. The average Bonchev–Trinajstić information content (AvgIpc) is 2.57. The topological polar surface area (TPSA) is 97.8 Å². The number of carbonyl (C=O) groups excluding carboxylic acids is 2. The molecule has 1 aromatic rings. The molecule has 1 aromatic heterocycles. The van der Waals surface area contributed by atoms with E-state index in [0.29, 0.717) is 18.7 Å². The van der Waals surface area contributed by atoms with Crippen LogP contribution in [0.5, 0.6) is 5.88 Å². The van der Waals surface area contributed by atoms with Gasteiger partial charge in [0.2, 0.25) is 11.8 Å². The molecule has 7 heteroatoms. The van der Waals surface area contributed by atoms with E-state index in [9.17, 15) is 14.7 Å². The number of aromatic nitrogens is 1. The Morgan fingerprint density at radius 2 is 2.19 bits per heavy atom. The lowest BCUT2D eigenvalue weighted by Crippen LogP contribution is -2.61. The van der Waals surface area contributed by atoms with Crippen LogP contribution in [0.4, 0.5) is 0 Å². The van der Waals surface area contributed by atoms with Gasteiger partial charge < -0.3 is 19.9 Å². The van der Waals surface area contributed by atoms with Crippen molar-refractivity contribution in [1.29, 1.82) is 0 Å². The number of esters is 1. The Bertz CT molecular complexity index is 760. The van der Waals surface area contributed by atoms with Gasteiger partial charge in [-0.2, -0.15) is 0 Å². The van der Waals surface area contributed by atoms with E-state index in [1.54, 1.807) is 20.1 Å². The highest BCUT2D eigenvalue weighted by Crippen LogP contribution is 2.46. The molecule has 0 unspecified atom stereocenters. The summed E-state index contributed by atoms with van der Waals surface area (Å²) in [5, 5.41) is 13.9. The van der Waals surface area contributed by atoms with Gasteiger partial charge in [0.25, 0.3) is 0 Å². The van der Waals surface area contributed by atoms with E-state index in [1.807, 2.05) is 19.1 Å². The zero-order valence-corrected chi connectivity index (χ0v) is 15.2. The molecule has 26 heavy (non-hydrogen) atoms. The highest BCUT2D eigenvalue weighted by atomic mass is 16.5. The van der Waals surface area contributed by atoms with Crippen molar-refractivity contribution in [2.24, 2.45) is 5.92 Å². The molecule has 0 aromatic carbocycles. The van der Waals surface area contributed by atoms with Crippen molar-refractivity contribution in [3.05, 3.63) is 35.0 Å². The van der Waals surface area contributed by atoms with Crippen LogP contribution >= 0.6 is 0 Å². The van der Waals surface area contributed by atoms with Gasteiger partial charge in [-0.15, -0.1) is 0 Å². The zero-order chi connectivity index (χ0) is 18.9. The molecule has 0 aliphatic heterocycles. The molecule has 2 aliphatic carbocycles. The zero-order valence-electron chi connectivity index (χ0n) is 15.2. The molecule has 0 spiro atoms. The molecule has 2 N–H and O–H groups in total. The van der Waals surface area contributed by atoms with Crippen molar-refractivity contribution in [3.63, 3.8) is 0 Å². The second-order valence-electron chi connectivity index (χ2n) is 6.85. The van der Waals surface area contributed by atoms with Gasteiger partial charge in [-0.25, -0.2) is 4.98 Å². The van der Waals surface area contributed by atoms with E-state index in [4.69, 9.17) is 9.47 Å². The summed E-state index contributed by atoms with van der Waals surface area (Å²) in [6, 6.07) is 3.56. The molecule has 0 saturated carbocycles. The molecule has 3 rings (SSSR count). The maximum absolute atomic E-state index is 12.5. The molecule has 0 radical (unpaired) electrons. The van der Waals surface area contributed by atoms with Crippen LogP contribution in [-0.2, 0) is 26.3 Å². The maximum atomic E-state index is 12.5. The van der Waals surface area contributed by atoms with Gasteiger partial charge in [-0.05, 0) is 32.8 Å². The number of carbonyl (C=O) groups is 2.